The highest BCUT2D eigenvalue weighted by Crippen LogP contribution is 2.39. The quantitative estimate of drug-likeness (QED) is 0.137. The van der Waals surface area contributed by atoms with E-state index >= 15 is 0 Å². The third-order valence-corrected chi connectivity index (χ3v) is 9.74. The van der Waals surface area contributed by atoms with Crippen molar-refractivity contribution in [2.24, 2.45) is 13.0 Å². The van der Waals surface area contributed by atoms with Gasteiger partial charge < -0.3 is 19.8 Å². The van der Waals surface area contributed by atoms with Crippen LogP contribution in [0.3, 0.4) is 0 Å². The summed E-state index contributed by atoms with van der Waals surface area (Å²) >= 11 is 6.69. The molecule has 0 amide bonds. The molecule has 10 nitrogen and oxygen atoms in total. The summed E-state index contributed by atoms with van der Waals surface area (Å²) in [4.78, 5) is 24.0. The van der Waals surface area contributed by atoms with Crippen LogP contribution in [-0.2, 0) is 25.9 Å². The van der Waals surface area contributed by atoms with E-state index in [1.807, 2.05) is 16.7 Å². The van der Waals surface area contributed by atoms with Gasteiger partial charge in [0, 0.05) is 74.9 Å². The van der Waals surface area contributed by atoms with Crippen molar-refractivity contribution in [3.05, 3.63) is 83.2 Å². The first-order chi connectivity index (χ1) is 24.1. The van der Waals surface area contributed by atoms with E-state index in [1.54, 1.807) is 41.4 Å². The number of halogens is 7. The van der Waals surface area contributed by atoms with Crippen molar-refractivity contribution >= 4 is 29.3 Å². The number of aromatic nitrogens is 6. The summed E-state index contributed by atoms with van der Waals surface area (Å²) in [5, 5.41) is 14.3. The van der Waals surface area contributed by atoms with Gasteiger partial charge >= 0.3 is 12.4 Å². The van der Waals surface area contributed by atoms with Gasteiger partial charge in [-0.1, -0.05) is 25.1 Å². The summed E-state index contributed by atoms with van der Waals surface area (Å²) in [6.45, 7) is 6.78. The highest BCUT2D eigenvalue weighted by Gasteiger charge is 2.40. The number of piperidine rings is 1. The number of anilines is 3. The van der Waals surface area contributed by atoms with Crippen molar-refractivity contribution in [3.8, 4) is 11.1 Å². The summed E-state index contributed by atoms with van der Waals surface area (Å²) in [5.74, 6) is 1.22. The number of hydrogen-bond acceptors (Lipinski definition) is 9. The molecular formula is C34H36ClF6N9O. The Morgan fingerprint density at radius 1 is 0.961 bits per heavy atom. The van der Waals surface area contributed by atoms with Crippen LogP contribution in [0.1, 0.15) is 49.3 Å². The molecule has 6 rings (SSSR count). The van der Waals surface area contributed by atoms with Gasteiger partial charge in [-0.05, 0) is 49.4 Å². The van der Waals surface area contributed by atoms with Gasteiger partial charge in [0.15, 0.2) is 5.82 Å². The summed E-state index contributed by atoms with van der Waals surface area (Å²) < 4.78 is 84.6. The zero-order valence-corrected chi connectivity index (χ0v) is 28.6. The predicted molar refractivity (Wildman–Crippen MR) is 180 cm³/mol. The minimum Gasteiger partial charge on any atom is -0.513 e. The smallest absolute Gasteiger partial charge is 0.416 e. The molecule has 1 unspecified atom stereocenters. The van der Waals surface area contributed by atoms with Gasteiger partial charge in [0.2, 0.25) is 11.9 Å². The molecule has 17 heteroatoms. The van der Waals surface area contributed by atoms with Crippen LogP contribution < -0.4 is 14.7 Å². The number of alkyl halides is 6. The first kappa shape index (κ1) is 36.2. The zero-order chi connectivity index (χ0) is 36.7. The molecule has 2 fully saturated rings. The first-order valence-electron chi connectivity index (χ1n) is 16.4. The fraction of sp³-hybridized carbons (Fsp3) is 0.441. The number of aliphatic hydroxyl groups is 1. The Morgan fingerprint density at radius 2 is 1.61 bits per heavy atom. The van der Waals surface area contributed by atoms with Crippen molar-refractivity contribution in [1.29, 1.82) is 0 Å². The lowest BCUT2D eigenvalue weighted by molar-refractivity contribution is -0.143. The molecular weight excluding hydrogens is 700 g/mol. The minimum absolute atomic E-state index is 0.00695. The second-order valence-electron chi connectivity index (χ2n) is 12.9. The molecule has 1 aromatic carbocycles. The number of aryl methyl sites for hydroxylation is 1. The minimum atomic E-state index is -5.00. The highest BCUT2D eigenvalue weighted by atomic mass is 35.5. The maximum absolute atomic E-state index is 13.8. The monoisotopic (exact) mass is 735 g/mol. The molecule has 2 aliphatic rings. The van der Waals surface area contributed by atoms with E-state index in [4.69, 9.17) is 16.6 Å². The van der Waals surface area contributed by atoms with E-state index < -0.39 is 29.5 Å². The van der Waals surface area contributed by atoms with Crippen LogP contribution in [0.25, 0.3) is 11.1 Å². The Kier molecular flexibility index (Phi) is 10.1. The Labute approximate surface area is 295 Å². The molecule has 3 aromatic heterocycles. The van der Waals surface area contributed by atoms with Crippen LogP contribution in [0.5, 0.6) is 0 Å². The maximum atomic E-state index is 13.8. The lowest BCUT2D eigenvalue weighted by Gasteiger charge is -2.33. The van der Waals surface area contributed by atoms with Crippen LogP contribution in [0, 0.1) is 5.92 Å². The number of benzene rings is 1. The van der Waals surface area contributed by atoms with Gasteiger partial charge in [-0.2, -0.15) is 36.4 Å². The molecule has 0 radical (unpaired) electrons. The third kappa shape index (κ3) is 8.00. The molecule has 0 aliphatic carbocycles. The van der Waals surface area contributed by atoms with Crippen LogP contribution in [-0.4, -0.2) is 66.5 Å². The maximum Gasteiger partial charge on any atom is 0.416 e. The largest absolute Gasteiger partial charge is 0.513 e. The highest BCUT2D eigenvalue weighted by molar-refractivity contribution is 6.32. The lowest BCUT2D eigenvalue weighted by Crippen LogP contribution is -2.39. The van der Waals surface area contributed by atoms with Crippen molar-refractivity contribution in [1.82, 2.24) is 29.7 Å². The molecule has 272 valence electrons. The fourth-order valence-electron chi connectivity index (χ4n) is 6.74. The number of aliphatic hydroxyl groups excluding tert-OH is 1. The summed E-state index contributed by atoms with van der Waals surface area (Å²) in [6.07, 6.45) is 0.495. The van der Waals surface area contributed by atoms with Crippen LogP contribution in [0.2, 0.25) is 5.02 Å². The summed E-state index contributed by atoms with van der Waals surface area (Å²) in [6, 6.07) is 0.999. The Bertz CT molecular complexity index is 1830. The average Bonchev–Trinajstić information content (AvgIpc) is 3.73. The second kappa shape index (κ2) is 14.2. The van der Waals surface area contributed by atoms with Crippen LogP contribution in [0.15, 0.2) is 61.5 Å². The molecule has 2 saturated heterocycles. The van der Waals surface area contributed by atoms with E-state index in [0.717, 1.165) is 17.7 Å². The van der Waals surface area contributed by atoms with Gasteiger partial charge in [0.25, 0.3) is 0 Å². The molecule has 2 aliphatic heterocycles. The molecule has 2 atom stereocenters. The molecule has 4 aromatic rings. The van der Waals surface area contributed by atoms with Gasteiger partial charge in [0.05, 0.1) is 35.3 Å². The van der Waals surface area contributed by atoms with Gasteiger partial charge in [-0.25, -0.2) is 15.0 Å². The standard InChI is InChI=1S/C34H36ClF6N9O/c1-4-27-12-28(19-49(27)30-29(35)16-44-32(46-30)48-7-5-22(6-8-48)20(2)51)50(31-42-13-23(14-43-31)24-15-45-47(3)18-24)17-21-9-25(33(36,37)38)11-26(10-21)34(39,40)41/h9-11,13-16,18,22,27-28,51H,2,4-8,12,17,19H2,1,3H3/t27-,28?/m1/s1. The fourth-order valence-corrected chi connectivity index (χ4v) is 6.94. The normalized spacial score (nSPS) is 18.8. The van der Waals surface area contributed by atoms with E-state index in [9.17, 15) is 31.4 Å². The zero-order valence-electron chi connectivity index (χ0n) is 27.8. The molecule has 0 bridgehead atoms. The van der Waals surface area contributed by atoms with E-state index in [0.29, 0.717) is 61.1 Å². The van der Waals surface area contributed by atoms with Crippen molar-refractivity contribution < 1.29 is 31.4 Å². The van der Waals surface area contributed by atoms with Crippen LogP contribution >= 0.6 is 11.6 Å². The Hall–Kier alpha value is -4.60. The van der Waals surface area contributed by atoms with Crippen molar-refractivity contribution in [2.45, 2.75) is 63.6 Å². The first-order valence-corrected chi connectivity index (χ1v) is 16.8. The SMILES string of the molecule is C=C(O)C1CCN(c2ncc(Cl)c(N3CC(N(Cc4cc(C(F)(F)F)cc(C(F)(F)F)c4)c4ncc(-c5cnn(C)c5)cn4)C[C@H]3CC)n2)CC1. The second-order valence-corrected chi connectivity index (χ2v) is 13.3. The molecule has 0 saturated carbocycles. The number of rotatable bonds is 9. The Balaban J connectivity index is 1.35. The lowest BCUT2D eigenvalue weighted by atomic mass is 9.96. The van der Waals surface area contributed by atoms with Crippen molar-refractivity contribution in [2.75, 3.05) is 34.3 Å². The van der Waals surface area contributed by atoms with E-state index in [-0.39, 0.29) is 48.4 Å². The van der Waals surface area contributed by atoms with Crippen LogP contribution in [0.4, 0.5) is 44.1 Å². The molecule has 1 N–H and O–H groups in total. The number of allylic oxidation sites excluding steroid dienone is 1. The molecule has 5 heterocycles. The summed E-state index contributed by atoms with van der Waals surface area (Å²) in [7, 11) is 1.75. The van der Waals surface area contributed by atoms with E-state index in [1.165, 1.54) is 6.20 Å². The third-order valence-electron chi connectivity index (χ3n) is 9.47. The average molecular weight is 736 g/mol. The summed E-state index contributed by atoms with van der Waals surface area (Å²) in [5.41, 5.74) is -1.61. The topological polar surface area (TPSA) is 99.3 Å². The molecule has 0 spiro atoms. The predicted octanol–water partition coefficient (Wildman–Crippen LogP) is 7.71. The van der Waals surface area contributed by atoms with Crippen molar-refractivity contribution in [3.63, 3.8) is 0 Å². The number of nitrogens with zero attached hydrogens (tertiary/aromatic N) is 9. The number of hydrogen-bond donors (Lipinski definition) is 1. The van der Waals surface area contributed by atoms with Gasteiger partial charge in [-0.15, -0.1) is 0 Å². The van der Waals surface area contributed by atoms with Gasteiger partial charge in [0.1, 0.15) is 5.02 Å². The Morgan fingerprint density at radius 3 is 2.16 bits per heavy atom. The molecule has 51 heavy (non-hydrogen) atoms. The van der Waals surface area contributed by atoms with Gasteiger partial charge in [-0.3, -0.25) is 4.68 Å². The van der Waals surface area contributed by atoms with E-state index in [2.05, 4.69) is 26.6 Å².